The lowest BCUT2D eigenvalue weighted by Crippen LogP contribution is -2.50. The van der Waals surface area contributed by atoms with Crippen molar-refractivity contribution in [3.63, 3.8) is 0 Å². The highest BCUT2D eigenvalue weighted by atomic mass is 127. The third kappa shape index (κ3) is 6.25. The summed E-state index contributed by atoms with van der Waals surface area (Å²) in [5.41, 5.74) is 0. The molecule has 1 aliphatic heterocycles. The van der Waals surface area contributed by atoms with E-state index in [1.807, 2.05) is 0 Å². The Labute approximate surface area is 175 Å². The van der Waals surface area contributed by atoms with Crippen LogP contribution in [0.4, 0.5) is 0 Å². The van der Waals surface area contributed by atoms with Crippen LogP contribution in [0.3, 0.4) is 0 Å². The Kier molecular flexibility index (Phi) is 8.93. The zero-order valence-electron chi connectivity index (χ0n) is 16.4. The van der Waals surface area contributed by atoms with Gasteiger partial charge in [0.05, 0.1) is 6.54 Å². The summed E-state index contributed by atoms with van der Waals surface area (Å²) in [6.07, 6.45) is 5.93. The van der Waals surface area contributed by atoms with Crippen molar-refractivity contribution in [2.45, 2.75) is 52.0 Å². The van der Waals surface area contributed by atoms with E-state index in [4.69, 9.17) is 4.99 Å². The van der Waals surface area contributed by atoms with Gasteiger partial charge in [0.2, 0.25) is 5.91 Å². The third-order valence-corrected chi connectivity index (χ3v) is 5.85. The van der Waals surface area contributed by atoms with Crippen LogP contribution in [0, 0.1) is 11.8 Å². The van der Waals surface area contributed by atoms with Crippen LogP contribution >= 0.6 is 24.0 Å². The van der Waals surface area contributed by atoms with E-state index in [0.717, 1.165) is 70.5 Å². The molecule has 2 saturated carbocycles. The van der Waals surface area contributed by atoms with E-state index >= 15 is 0 Å². The number of hydrogen-bond acceptors (Lipinski definition) is 3. The first-order chi connectivity index (χ1) is 12.2. The molecule has 0 bridgehead atoms. The first kappa shape index (κ1) is 21.7. The molecule has 1 amide bonds. The van der Waals surface area contributed by atoms with E-state index in [1.165, 1.54) is 19.3 Å². The van der Waals surface area contributed by atoms with Gasteiger partial charge in [-0.2, -0.15) is 0 Å². The van der Waals surface area contributed by atoms with Crippen LogP contribution < -0.4 is 10.6 Å². The summed E-state index contributed by atoms with van der Waals surface area (Å²) in [6, 6.07) is 0.600. The van der Waals surface area contributed by atoms with Crippen LogP contribution in [-0.2, 0) is 4.79 Å². The molecule has 2 aliphatic carbocycles. The van der Waals surface area contributed by atoms with Crippen molar-refractivity contribution in [2.75, 3.05) is 45.8 Å². The van der Waals surface area contributed by atoms with E-state index in [0.29, 0.717) is 17.9 Å². The van der Waals surface area contributed by atoms with E-state index in [2.05, 4.69) is 34.3 Å². The zero-order chi connectivity index (χ0) is 17.6. The normalized spacial score (nSPS) is 27.2. The van der Waals surface area contributed by atoms with Crippen LogP contribution in [0.25, 0.3) is 0 Å². The fourth-order valence-corrected chi connectivity index (χ4v) is 3.94. The minimum atomic E-state index is 0. The average molecular weight is 477 g/mol. The van der Waals surface area contributed by atoms with Crippen molar-refractivity contribution in [1.29, 1.82) is 0 Å². The SMILES string of the molecule is CCNC(=NCCN1CCN(C(=O)C2CCCC2)CC1)NC1CC1C.I. The number of rotatable bonds is 6. The molecule has 26 heavy (non-hydrogen) atoms. The highest BCUT2D eigenvalue weighted by molar-refractivity contribution is 14.0. The molecule has 0 aromatic rings. The summed E-state index contributed by atoms with van der Waals surface area (Å²) < 4.78 is 0. The van der Waals surface area contributed by atoms with Crippen LogP contribution in [-0.4, -0.2) is 73.5 Å². The van der Waals surface area contributed by atoms with E-state index in [1.54, 1.807) is 0 Å². The maximum atomic E-state index is 12.5. The van der Waals surface area contributed by atoms with Gasteiger partial charge >= 0.3 is 0 Å². The summed E-state index contributed by atoms with van der Waals surface area (Å²) in [5.74, 6) is 2.45. The molecule has 3 rings (SSSR count). The number of nitrogens with one attached hydrogen (secondary N) is 2. The summed E-state index contributed by atoms with van der Waals surface area (Å²) in [4.78, 5) is 21.7. The quantitative estimate of drug-likeness (QED) is 0.349. The molecule has 2 N–H and O–H groups in total. The molecule has 1 heterocycles. The molecular formula is C19H36IN5O. The molecule has 1 saturated heterocycles. The van der Waals surface area contributed by atoms with E-state index in [-0.39, 0.29) is 24.0 Å². The molecule has 3 aliphatic rings. The topological polar surface area (TPSA) is 60.0 Å². The van der Waals surface area contributed by atoms with E-state index < -0.39 is 0 Å². The van der Waals surface area contributed by atoms with Gasteiger partial charge in [0, 0.05) is 51.2 Å². The van der Waals surface area contributed by atoms with Crippen molar-refractivity contribution in [2.24, 2.45) is 16.8 Å². The highest BCUT2D eigenvalue weighted by Gasteiger charge is 2.33. The van der Waals surface area contributed by atoms with E-state index in [9.17, 15) is 4.79 Å². The number of guanidine groups is 1. The summed E-state index contributed by atoms with van der Waals surface area (Å²) >= 11 is 0. The second-order valence-electron chi connectivity index (χ2n) is 7.87. The minimum Gasteiger partial charge on any atom is -0.357 e. The first-order valence-electron chi connectivity index (χ1n) is 10.2. The monoisotopic (exact) mass is 477 g/mol. The minimum absolute atomic E-state index is 0. The molecule has 150 valence electrons. The second-order valence-corrected chi connectivity index (χ2v) is 7.87. The lowest BCUT2D eigenvalue weighted by molar-refractivity contribution is -0.137. The second kappa shape index (κ2) is 10.7. The molecule has 0 radical (unpaired) electrons. The smallest absolute Gasteiger partial charge is 0.225 e. The Hall–Kier alpha value is -0.570. The van der Waals surface area contributed by atoms with Gasteiger partial charge in [-0.1, -0.05) is 19.8 Å². The summed E-state index contributed by atoms with van der Waals surface area (Å²) in [6.45, 7) is 10.8. The number of nitrogens with zero attached hydrogens (tertiary/aromatic N) is 3. The van der Waals surface area contributed by atoms with Gasteiger partial charge < -0.3 is 15.5 Å². The van der Waals surface area contributed by atoms with Crippen molar-refractivity contribution in [1.82, 2.24) is 20.4 Å². The Morgan fingerprint density at radius 2 is 1.81 bits per heavy atom. The molecule has 0 spiro atoms. The van der Waals surface area contributed by atoms with Crippen molar-refractivity contribution in [3.05, 3.63) is 0 Å². The van der Waals surface area contributed by atoms with Gasteiger partial charge in [-0.05, 0) is 32.1 Å². The van der Waals surface area contributed by atoms with Gasteiger partial charge in [0.25, 0.3) is 0 Å². The van der Waals surface area contributed by atoms with Gasteiger partial charge in [0.15, 0.2) is 5.96 Å². The van der Waals surface area contributed by atoms with Crippen molar-refractivity contribution < 1.29 is 4.79 Å². The molecule has 2 atom stereocenters. The Morgan fingerprint density at radius 1 is 1.15 bits per heavy atom. The third-order valence-electron chi connectivity index (χ3n) is 5.85. The number of piperazine rings is 1. The number of hydrogen-bond donors (Lipinski definition) is 2. The Bertz CT molecular complexity index is 473. The maximum Gasteiger partial charge on any atom is 0.225 e. The molecule has 2 unspecified atom stereocenters. The Balaban J connectivity index is 0.00000243. The summed E-state index contributed by atoms with van der Waals surface area (Å²) in [5, 5.41) is 6.83. The summed E-state index contributed by atoms with van der Waals surface area (Å²) in [7, 11) is 0. The maximum absolute atomic E-state index is 12.5. The number of carbonyl (C=O) groups excluding carboxylic acids is 1. The largest absolute Gasteiger partial charge is 0.357 e. The van der Waals surface area contributed by atoms with Crippen LogP contribution in [0.5, 0.6) is 0 Å². The molecular weight excluding hydrogens is 441 g/mol. The van der Waals surface area contributed by atoms with Crippen LogP contribution in [0.1, 0.15) is 46.0 Å². The number of halogens is 1. The lowest BCUT2D eigenvalue weighted by Gasteiger charge is -2.35. The number of carbonyl (C=O) groups is 1. The fourth-order valence-electron chi connectivity index (χ4n) is 3.94. The van der Waals surface area contributed by atoms with Gasteiger partial charge in [-0.15, -0.1) is 24.0 Å². The number of amides is 1. The van der Waals surface area contributed by atoms with Crippen LogP contribution in [0.2, 0.25) is 0 Å². The number of aliphatic imine (C=N–C) groups is 1. The predicted molar refractivity (Wildman–Crippen MR) is 117 cm³/mol. The average Bonchev–Trinajstić information content (AvgIpc) is 3.09. The van der Waals surface area contributed by atoms with Gasteiger partial charge in [-0.3, -0.25) is 14.7 Å². The lowest BCUT2D eigenvalue weighted by atomic mass is 10.1. The van der Waals surface area contributed by atoms with Gasteiger partial charge in [-0.25, -0.2) is 0 Å². The zero-order valence-corrected chi connectivity index (χ0v) is 18.7. The van der Waals surface area contributed by atoms with Crippen molar-refractivity contribution >= 4 is 35.8 Å². The fraction of sp³-hybridized carbons (Fsp3) is 0.895. The first-order valence-corrected chi connectivity index (χ1v) is 10.2. The molecule has 0 aromatic carbocycles. The van der Waals surface area contributed by atoms with Gasteiger partial charge in [0.1, 0.15) is 0 Å². The predicted octanol–water partition coefficient (Wildman–Crippen LogP) is 1.90. The highest BCUT2D eigenvalue weighted by Crippen LogP contribution is 2.28. The molecule has 7 heteroatoms. The Morgan fingerprint density at radius 3 is 2.38 bits per heavy atom. The molecule has 0 aromatic heterocycles. The van der Waals surface area contributed by atoms with Crippen LogP contribution in [0.15, 0.2) is 4.99 Å². The van der Waals surface area contributed by atoms with Crippen molar-refractivity contribution in [3.8, 4) is 0 Å². The standard InChI is InChI=1S/C19H35N5O.HI/c1-3-20-19(22-17-14-15(17)2)21-8-9-23-10-12-24(13-11-23)18(25)16-6-4-5-7-16;/h15-17H,3-14H2,1-2H3,(H2,20,21,22);1H. The molecule has 6 nitrogen and oxygen atoms in total. The molecule has 3 fully saturated rings.